The molecule has 0 saturated carbocycles. The van der Waals surface area contributed by atoms with E-state index in [0.717, 1.165) is 12.0 Å². The van der Waals surface area contributed by atoms with Gasteiger partial charge in [0.15, 0.2) is 6.29 Å². The van der Waals surface area contributed by atoms with Crippen molar-refractivity contribution in [1.29, 1.82) is 0 Å². The summed E-state index contributed by atoms with van der Waals surface area (Å²) in [6.45, 7) is 2.13. The fourth-order valence-electron chi connectivity index (χ4n) is 0.765. The Hall–Kier alpha value is -1.31. The average Bonchev–Trinajstić information content (AvgIpc) is 2.04. The molecule has 0 unspecified atom stereocenters. The lowest BCUT2D eigenvalue weighted by atomic mass is 10.2. The fraction of sp³-hybridized carbons (Fsp3) is 0.222. The molecule has 0 heterocycles. The lowest BCUT2D eigenvalue weighted by Crippen LogP contribution is -1.96. The summed E-state index contributed by atoms with van der Waals surface area (Å²) in [5.74, 6) is 0.739. The van der Waals surface area contributed by atoms with Crippen LogP contribution in [0.4, 0.5) is 0 Å². The third-order valence-electron chi connectivity index (χ3n) is 1.34. The van der Waals surface area contributed by atoms with E-state index in [4.69, 9.17) is 4.74 Å². The number of carbonyl (C=O) groups excluding carboxylic acids is 1. The van der Waals surface area contributed by atoms with E-state index in [2.05, 4.69) is 0 Å². The maximum atomic E-state index is 9.92. The maximum absolute atomic E-state index is 9.92. The molecule has 0 amide bonds. The summed E-state index contributed by atoms with van der Waals surface area (Å²) in [6.07, 6.45) is 0.736. The van der Waals surface area contributed by atoms with Crippen molar-refractivity contribution in [3.05, 3.63) is 29.8 Å². The van der Waals surface area contributed by atoms with Crippen LogP contribution in [-0.2, 0) is 4.79 Å². The minimum atomic E-state index is 0.128. The zero-order chi connectivity index (χ0) is 8.10. The number of hydrogen-bond donors (Lipinski definition) is 0. The summed E-state index contributed by atoms with van der Waals surface area (Å²) in [7, 11) is 0. The molecule has 0 spiro atoms. The minimum Gasteiger partial charge on any atom is -0.486 e. The van der Waals surface area contributed by atoms with Crippen LogP contribution in [0.1, 0.15) is 5.56 Å². The number of aryl methyl sites for hydroxylation is 1. The maximum Gasteiger partial charge on any atom is 0.157 e. The Labute approximate surface area is 65.8 Å². The van der Waals surface area contributed by atoms with E-state index in [-0.39, 0.29) is 6.61 Å². The molecule has 0 fully saturated rings. The van der Waals surface area contributed by atoms with Crippen molar-refractivity contribution in [2.24, 2.45) is 0 Å². The molecule has 2 heteroatoms. The molecule has 0 atom stereocenters. The fourth-order valence-corrected chi connectivity index (χ4v) is 0.765. The second-order valence-electron chi connectivity index (χ2n) is 2.29. The molecule has 0 radical (unpaired) electrons. The topological polar surface area (TPSA) is 26.3 Å². The van der Waals surface area contributed by atoms with Crippen LogP contribution in [0.2, 0.25) is 0 Å². The largest absolute Gasteiger partial charge is 0.486 e. The average molecular weight is 150 g/mol. The van der Waals surface area contributed by atoms with Gasteiger partial charge in [-0.1, -0.05) is 17.7 Å². The molecular formula is C9H10O2. The number of ether oxygens (including phenoxy) is 1. The number of benzene rings is 1. The SMILES string of the molecule is Cc1ccc(OCC=O)cc1. The highest BCUT2D eigenvalue weighted by molar-refractivity contribution is 5.51. The summed E-state index contributed by atoms with van der Waals surface area (Å²) < 4.78 is 5.04. The number of rotatable bonds is 3. The highest BCUT2D eigenvalue weighted by atomic mass is 16.5. The number of aldehydes is 1. The van der Waals surface area contributed by atoms with Gasteiger partial charge in [0.2, 0.25) is 0 Å². The van der Waals surface area contributed by atoms with E-state index in [1.54, 1.807) is 0 Å². The van der Waals surface area contributed by atoms with Crippen molar-refractivity contribution in [2.45, 2.75) is 6.92 Å². The summed E-state index contributed by atoms with van der Waals surface area (Å²) >= 11 is 0. The molecule has 1 aromatic carbocycles. The Bertz CT molecular complexity index is 226. The van der Waals surface area contributed by atoms with Gasteiger partial charge in [-0.05, 0) is 19.1 Å². The predicted octanol–water partition coefficient (Wildman–Crippen LogP) is 1.57. The van der Waals surface area contributed by atoms with Crippen LogP contribution in [0, 0.1) is 6.92 Å². The van der Waals surface area contributed by atoms with Crippen molar-refractivity contribution in [3.63, 3.8) is 0 Å². The van der Waals surface area contributed by atoms with E-state index in [1.807, 2.05) is 31.2 Å². The minimum absolute atomic E-state index is 0.128. The second kappa shape index (κ2) is 3.76. The van der Waals surface area contributed by atoms with Gasteiger partial charge in [0, 0.05) is 0 Å². The van der Waals surface area contributed by atoms with Crippen LogP contribution >= 0.6 is 0 Å². The third kappa shape index (κ3) is 2.42. The molecule has 0 aromatic heterocycles. The first-order valence-corrected chi connectivity index (χ1v) is 3.46. The lowest BCUT2D eigenvalue weighted by molar-refractivity contribution is -0.109. The van der Waals surface area contributed by atoms with Crippen molar-refractivity contribution in [3.8, 4) is 5.75 Å². The van der Waals surface area contributed by atoms with Gasteiger partial charge >= 0.3 is 0 Å². The number of carbonyl (C=O) groups is 1. The highest BCUT2D eigenvalue weighted by Gasteiger charge is 1.89. The Morgan fingerprint density at radius 2 is 2.00 bits per heavy atom. The smallest absolute Gasteiger partial charge is 0.157 e. The van der Waals surface area contributed by atoms with E-state index in [9.17, 15) is 4.79 Å². The molecule has 0 saturated heterocycles. The van der Waals surface area contributed by atoms with Gasteiger partial charge in [0.25, 0.3) is 0 Å². The summed E-state index contributed by atoms with van der Waals surface area (Å²) in [4.78, 5) is 9.92. The molecular weight excluding hydrogens is 140 g/mol. The van der Waals surface area contributed by atoms with E-state index < -0.39 is 0 Å². The molecule has 1 aromatic rings. The molecule has 11 heavy (non-hydrogen) atoms. The molecule has 0 aliphatic heterocycles. The van der Waals surface area contributed by atoms with Crippen molar-refractivity contribution in [1.82, 2.24) is 0 Å². The highest BCUT2D eigenvalue weighted by Crippen LogP contribution is 2.10. The Morgan fingerprint density at radius 1 is 1.36 bits per heavy atom. The van der Waals surface area contributed by atoms with Gasteiger partial charge in [-0.2, -0.15) is 0 Å². The van der Waals surface area contributed by atoms with Gasteiger partial charge < -0.3 is 4.74 Å². The van der Waals surface area contributed by atoms with Crippen LogP contribution in [0.5, 0.6) is 5.75 Å². The van der Waals surface area contributed by atoms with Crippen LogP contribution in [-0.4, -0.2) is 12.9 Å². The Kier molecular flexibility index (Phi) is 2.66. The quantitative estimate of drug-likeness (QED) is 0.611. The summed E-state index contributed by atoms with van der Waals surface area (Å²) in [6, 6.07) is 7.58. The zero-order valence-corrected chi connectivity index (χ0v) is 6.41. The number of hydrogen-bond acceptors (Lipinski definition) is 2. The van der Waals surface area contributed by atoms with Crippen molar-refractivity contribution >= 4 is 6.29 Å². The van der Waals surface area contributed by atoms with E-state index >= 15 is 0 Å². The Balaban J connectivity index is 2.58. The molecule has 0 aliphatic carbocycles. The standard InChI is InChI=1S/C9H10O2/c1-8-2-4-9(5-3-8)11-7-6-10/h2-6H,7H2,1H3. The van der Waals surface area contributed by atoms with Gasteiger partial charge in [-0.15, -0.1) is 0 Å². The third-order valence-corrected chi connectivity index (χ3v) is 1.34. The molecule has 0 aliphatic rings. The van der Waals surface area contributed by atoms with Crippen molar-refractivity contribution in [2.75, 3.05) is 6.61 Å². The monoisotopic (exact) mass is 150 g/mol. The Morgan fingerprint density at radius 3 is 2.55 bits per heavy atom. The van der Waals surface area contributed by atoms with Crippen LogP contribution in [0.3, 0.4) is 0 Å². The van der Waals surface area contributed by atoms with E-state index in [1.165, 1.54) is 5.56 Å². The first kappa shape index (κ1) is 7.79. The second-order valence-corrected chi connectivity index (χ2v) is 2.29. The predicted molar refractivity (Wildman–Crippen MR) is 42.7 cm³/mol. The van der Waals surface area contributed by atoms with Gasteiger partial charge in [0.1, 0.15) is 12.4 Å². The van der Waals surface area contributed by atoms with Gasteiger partial charge in [-0.25, -0.2) is 0 Å². The molecule has 2 nitrogen and oxygen atoms in total. The first-order chi connectivity index (χ1) is 5.33. The summed E-state index contributed by atoms with van der Waals surface area (Å²) in [5.41, 5.74) is 1.18. The summed E-state index contributed by atoms with van der Waals surface area (Å²) in [5, 5.41) is 0. The molecule has 0 N–H and O–H groups in total. The van der Waals surface area contributed by atoms with Gasteiger partial charge in [0.05, 0.1) is 0 Å². The molecule has 1 rings (SSSR count). The normalized spacial score (nSPS) is 9.18. The molecule has 0 bridgehead atoms. The van der Waals surface area contributed by atoms with Crippen LogP contribution in [0.15, 0.2) is 24.3 Å². The van der Waals surface area contributed by atoms with Crippen LogP contribution in [0.25, 0.3) is 0 Å². The van der Waals surface area contributed by atoms with Crippen molar-refractivity contribution < 1.29 is 9.53 Å². The first-order valence-electron chi connectivity index (χ1n) is 3.46. The molecule has 58 valence electrons. The lowest BCUT2D eigenvalue weighted by Gasteiger charge is -2.00. The van der Waals surface area contributed by atoms with Crippen LogP contribution < -0.4 is 4.74 Å². The van der Waals surface area contributed by atoms with Gasteiger partial charge in [-0.3, -0.25) is 4.79 Å². The van der Waals surface area contributed by atoms with E-state index in [0.29, 0.717) is 0 Å². The zero-order valence-electron chi connectivity index (χ0n) is 6.41.